The fourth-order valence-electron chi connectivity index (χ4n) is 3.31. The zero-order valence-electron chi connectivity index (χ0n) is 18.7. The van der Waals surface area contributed by atoms with Crippen LogP contribution in [0, 0.1) is 11.3 Å². The van der Waals surface area contributed by atoms with Crippen LogP contribution in [0.5, 0.6) is 0 Å². The van der Waals surface area contributed by atoms with Crippen molar-refractivity contribution in [3.8, 4) is 0 Å². The molecular weight excluding hydrogens is 453 g/mol. The Morgan fingerprint density at radius 3 is 2.15 bits per heavy atom. The lowest BCUT2D eigenvalue weighted by molar-refractivity contribution is 0.0205. The fourth-order valence-corrected chi connectivity index (χ4v) is 3.31. The Balaban J connectivity index is 0.00000676. The molecule has 0 bridgehead atoms. The van der Waals surface area contributed by atoms with Crippen molar-refractivity contribution in [2.75, 3.05) is 66.0 Å². The van der Waals surface area contributed by atoms with Gasteiger partial charge in [-0.15, -0.1) is 24.0 Å². The van der Waals surface area contributed by atoms with Crippen LogP contribution in [0.25, 0.3) is 0 Å². The van der Waals surface area contributed by atoms with E-state index in [1.165, 1.54) is 32.7 Å². The first-order chi connectivity index (χ1) is 12.3. The minimum Gasteiger partial charge on any atom is -0.379 e. The van der Waals surface area contributed by atoms with Crippen LogP contribution in [0.4, 0.5) is 0 Å². The van der Waals surface area contributed by atoms with Crippen LogP contribution in [0.3, 0.4) is 0 Å². The molecule has 1 heterocycles. The van der Waals surface area contributed by atoms with Gasteiger partial charge in [0.05, 0.1) is 6.10 Å². The molecule has 2 atom stereocenters. The first-order valence-electron chi connectivity index (χ1n) is 10.3. The third-order valence-corrected chi connectivity index (χ3v) is 5.09. The molecular formula is C20H44IN5O. The SMILES string of the molecule is CCNC(=NCC(C)CN1CCN(CC)CC1)NCC(OC)C(C)(C)C.I. The lowest BCUT2D eigenvalue weighted by Crippen LogP contribution is -2.47. The lowest BCUT2D eigenvalue weighted by atomic mass is 9.89. The Labute approximate surface area is 184 Å². The van der Waals surface area contributed by atoms with E-state index in [0.717, 1.165) is 32.1 Å². The van der Waals surface area contributed by atoms with E-state index in [1.54, 1.807) is 7.11 Å². The minimum atomic E-state index is 0. The van der Waals surface area contributed by atoms with E-state index in [0.29, 0.717) is 5.92 Å². The van der Waals surface area contributed by atoms with Gasteiger partial charge in [0.25, 0.3) is 0 Å². The van der Waals surface area contributed by atoms with Gasteiger partial charge in [0, 0.05) is 59.5 Å². The van der Waals surface area contributed by atoms with Crippen LogP contribution in [0.1, 0.15) is 41.5 Å². The van der Waals surface area contributed by atoms with Crippen LogP contribution < -0.4 is 10.6 Å². The predicted octanol–water partition coefficient (Wildman–Crippen LogP) is 2.49. The molecule has 1 aliphatic rings. The van der Waals surface area contributed by atoms with Crippen LogP contribution in [0.15, 0.2) is 4.99 Å². The molecule has 162 valence electrons. The number of halogens is 1. The Kier molecular flexibility index (Phi) is 13.9. The van der Waals surface area contributed by atoms with Gasteiger partial charge in [-0.3, -0.25) is 4.99 Å². The van der Waals surface area contributed by atoms with Gasteiger partial charge in [-0.25, -0.2) is 0 Å². The Morgan fingerprint density at radius 1 is 1.07 bits per heavy atom. The summed E-state index contributed by atoms with van der Waals surface area (Å²) >= 11 is 0. The number of hydrogen-bond donors (Lipinski definition) is 2. The van der Waals surface area contributed by atoms with Gasteiger partial charge in [0.2, 0.25) is 0 Å². The number of guanidine groups is 1. The molecule has 2 unspecified atom stereocenters. The van der Waals surface area contributed by atoms with Crippen LogP contribution >= 0.6 is 24.0 Å². The average molecular weight is 498 g/mol. The van der Waals surface area contributed by atoms with Crippen LogP contribution in [-0.2, 0) is 4.74 Å². The van der Waals surface area contributed by atoms with Crippen molar-refractivity contribution in [2.45, 2.75) is 47.6 Å². The molecule has 6 nitrogen and oxygen atoms in total. The predicted molar refractivity (Wildman–Crippen MR) is 127 cm³/mol. The Morgan fingerprint density at radius 2 is 1.67 bits per heavy atom. The summed E-state index contributed by atoms with van der Waals surface area (Å²) < 4.78 is 5.63. The quantitative estimate of drug-likeness (QED) is 0.291. The summed E-state index contributed by atoms with van der Waals surface area (Å²) in [6.07, 6.45) is 0.152. The standard InChI is InChI=1S/C20H43N5O.HI/c1-8-21-19(23-15-18(26-7)20(4,5)6)22-14-17(3)16-25-12-10-24(9-2)11-13-25;/h17-18H,8-16H2,1-7H3,(H2,21,22,23);1H. The number of hydrogen-bond acceptors (Lipinski definition) is 4. The highest BCUT2D eigenvalue weighted by Gasteiger charge is 2.24. The number of likely N-dealkylation sites (N-methyl/N-ethyl adjacent to an activating group) is 1. The average Bonchev–Trinajstić information content (AvgIpc) is 2.59. The van der Waals surface area contributed by atoms with Gasteiger partial charge in [0.1, 0.15) is 0 Å². The summed E-state index contributed by atoms with van der Waals surface area (Å²) in [7, 11) is 1.78. The van der Waals surface area contributed by atoms with Crippen molar-refractivity contribution in [1.29, 1.82) is 0 Å². The molecule has 1 saturated heterocycles. The second kappa shape index (κ2) is 14.0. The van der Waals surface area contributed by atoms with E-state index in [9.17, 15) is 0 Å². The molecule has 0 radical (unpaired) electrons. The number of aliphatic imine (C=N–C) groups is 1. The van der Waals surface area contributed by atoms with Gasteiger partial charge in [-0.05, 0) is 24.8 Å². The second-order valence-corrected chi connectivity index (χ2v) is 8.53. The first-order valence-corrected chi connectivity index (χ1v) is 10.3. The number of ether oxygens (including phenoxy) is 1. The zero-order valence-corrected chi connectivity index (χ0v) is 21.0. The van der Waals surface area contributed by atoms with Gasteiger partial charge >= 0.3 is 0 Å². The number of nitrogens with zero attached hydrogens (tertiary/aromatic N) is 3. The lowest BCUT2D eigenvalue weighted by Gasteiger charge is -2.35. The van der Waals surface area contributed by atoms with Crippen molar-refractivity contribution in [1.82, 2.24) is 20.4 Å². The third-order valence-electron chi connectivity index (χ3n) is 5.09. The van der Waals surface area contributed by atoms with E-state index in [4.69, 9.17) is 9.73 Å². The van der Waals surface area contributed by atoms with Gasteiger partial charge < -0.3 is 25.2 Å². The van der Waals surface area contributed by atoms with E-state index < -0.39 is 0 Å². The van der Waals surface area contributed by atoms with Crippen molar-refractivity contribution in [2.24, 2.45) is 16.3 Å². The first kappa shape index (κ1) is 26.9. The highest BCUT2D eigenvalue weighted by molar-refractivity contribution is 14.0. The number of rotatable bonds is 9. The maximum absolute atomic E-state index is 5.63. The third kappa shape index (κ3) is 10.9. The monoisotopic (exact) mass is 497 g/mol. The molecule has 7 heteroatoms. The van der Waals surface area contributed by atoms with Gasteiger partial charge in [-0.2, -0.15) is 0 Å². The minimum absolute atomic E-state index is 0. The molecule has 0 saturated carbocycles. The molecule has 1 rings (SSSR count). The highest BCUT2D eigenvalue weighted by atomic mass is 127. The normalized spacial score (nSPS) is 19.3. The highest BCUT2D eigenvalue weighted by Crippen LogP contribution is 2.20. The summed E-state index contributed by atoms with van der Waals surface area (Å²) in [6.45, 7) is 22.8. The summed E-state index contributed by atoms with van der Waals surface area (Å²) in [5.74, 6) is 1.45. The number of nitrogens with one attached hydrogen (secondary N) is 2. The molecule has 0 spiro atoms. The smallest absolute Gasteiger partial charge is 0.191 e. The molecule has 0 aliphatic carbocycles. The largest absolute Gasteiger partial charge is 0.379 e. The van der Waals surface area contributed by atoms with E-state index >= 15 is 0 Å². The van der Waals surface area contributed by atoms with Crippen LogP contribution in [-0.4, -0.2) is 87.9 Å². The zero-order chi connectivity index (χ0) is 19.6. The molecule has 0 aromatic carbocycles. The Hall–Kier alpha value is -0.120. The maximum atomic E-state index is 5.63. The molecule has 0 aromatic heterocycles. The maximum Gasteiger partial charge on any atom is 0.191 e. The number of methoxy groups -OCH3 is 1. The second-order valence-electron chi connectivity index (χ2n) is 8.53. The molecule has 1 fully saturated rings. The van der Waals surface area contributed by atoms with Crippen LogP contribution in [0.2, 0.25) is 0 Å². The van der Waals surface area contributed by atoms with E-state index in [-0.39, 0.29) is 35.5 Å². The Bertz CT molecular complexity index is 406. The molecule has 1 aliphatic heterocycles. The van der Waals surface area contributed by atoms with Crippen molar-refractivity contribution < 1.29 is 4.74 Å². The molecule has 0 amide bonds. The molecule has 0 aromatic rings. The summed E-state index contributed by atoms with van der Waals surface area (Å²) in [5, 5.41) is 6.79. The fraction of sp³-hybridized carbons (Fsp3) is 0.950. The van der Waals surface area contributed by atoms with Crippen molar-refractivity contribution >= 4 is 29.9 Å². The van der Waals surface area contributed by atoms with Crippen molar-refractivity contribution in [3.63, 3.8) is 0 Å². The number of piperazine rings is 1. The topological polar surface area (TPSA) is 52.1 Å². The van der Waals surface area contributed by atoms with Crippen molar-refractivity contribution in [3.05, 3.63) is 0 Å². The molecule has 2 N–H and O–H groups in total. The van der Waals surface area contributed by atoms with E-state index in [1.807, 2.05) is 0 Å². The van der Waals surface area contributed by atoms with Gasteiger partial charge in [0.15, 0.2) is 5.96 Å². The molecule has 27 heavy (non-hydrogen) atoms. The summed E-state index contributed by atoms with van der Waals surface area (Å²) in [6, 6.07) is 0. The van der Waals surface area contributed by atoms with Gasteiger partial charge in [-0.1, -0.05) is 34.6 Å². The summed E-state index contributed by atoms with van der Waals surface area (Å²) in [4.78, 5) is 9.90. The summed E-state index contributed by atoms with van der Waals surface area (Å²) in [5.41, 5.74) is 0.104. The van der Waals surface area contributed by atoms with E-state index in [2.05, 4.69) is 62.0 Å².